The second-order valence-electron chi connectivity index (χ2n) is 8.28. The Bertz CT molecular complexity index is 966. The Morgan fingerprint density at radius 2 is 1.81 bits per heavy atom. The van der Waals surface area contributed by atoms with Gasteiger partial charge in [0.2, 0.25) is 5.91 Å². The summed E-state index contributed by atoms with van der Waals surface area (Å²) in [5, 5.41) is 2.96. The molecule has 2 rings (SSSR count). The van der Waals surface area contributed by atoms with E-state index in [1.54, 1.807) is 24.3 Å². The second-order valence-corrected chi connectivity index (χ2v) is 9.06. The molecule has 2 aromatic rings. The zero-order valence-corrected chi connectivity index (χ0v) is 19.9. The van der Waals surface area contributed by atoms with Crippen LogP contribution in [-0.2, 0) is 4.79 Å². The second kappa shape index (κ2) is 10.4. The van der Waals surface area contributed by atoms with Gasteiger partial charge in [-0.1, -0.05) is 13.3 Å². The first kappa shape index (κ1) is 25.1. The van der Waals surface area contributed by atoms with Crippen LogP contribution in [0, 0.1) is 0 Å². The van der Waals surface area contributed by atoms with Gasteiger partial charge in [0, 0.05) is 11.2 Å². The smallest absolute Gasteiger partial charge is 0.272 e. The number of anilines is 2. The van der Waals surface area contributed by atoms with Gasteiger partial charge in [-0.3, -0.25) is 19.3 Å². The van der Waals surface area contributed by atoms with E-state index in [0.29, 0.717) is 30.9 Å². The molecule has 1 heterocycles. The number of primary amides is 1. The van der Waals surface area contributed by atoms with Crippen molar-refractivity contribution in [2.75, 3.05) is 17.2 Å². The third kappa shape index (κ3) is 5.97. The molecule has 0 aliphatic rings. The highest BCUT2D eigenvalue weighted by molar-refractivity contribution is 7.09. The summed E-state index contributed by atoms with van der Waals surface area (Å²) in [5.74, 6) is -0.997. The molecule has 174 valence electrons. The highest BCUT2D eigenvalue weighted by Crippen LogP contribution is 2.30. The SMILES string of the molecule is CCCC(C(=O)NC(C)(C)C)N(C(=O)c1snc(C(N)=O)c1N)c1ccc(OCC)cc1. The van der Waals surface area contributed by atoms with Crippen LogP contribution in [0.5, 0.6) is 5.75 Å². The Hall–Kier alpha value is -3.14. The summed E-state index contributed by atoms with van der Waals surface area (Å²) in [6.45, 7) is 9.93. The molecule has 0 saturated carbocycles. The summed E-state index contributed by atoms with van der Waals surface area (Å²) in [6.07, 6.45) is 1.08. The standard InChI is InChI=1S/C22H31N5O4S/c1-6-8-15(20(29)25-22(3,4)5)27(13-9-11-14(12-10-13)31-7-2)21(30)18-16(23)17(19(24)28)26-32-18/h9-12,15H,6-8,23H2,1-5H3,(H2,24,28)(H,25,29). The largest absolute Gasteiger partial charge is 0.494 e. The van der Waals surface area contributed by atoms with Gasteiger partial charge in [0.25, 0.3) is 11.8 Å². The van der Waals surface area contributed by atoms with Crippen molar-refractivity contribution in [2.45, 2.75) is 59.0 Å². The fourth-order valence-corrected chi connectivity index (χ4v) is 3.89. The fourth-order valence-electron chi connectivity index (χ4n) is 3.15. The number of carbonyl (C=O) groups excluding carboxylic acids is 3. The Morgan fingerprint density at radius 1 is 1.19 bits per heavy atom. The number of nitrogen functional groups attached to an aromatic ring is 1. The van der Waals surface area contributed by atoms with Crippen LogP contribution in [-0.4, -0.2) is 40.3 Å². The molecule has 1 aromatic heterocycles. The van der Waals surface area contributed by atoms with Crippen molar-refractivity contribution in [2.24, 2.45) is 5.73 Å². The van der Waals surface area contributed by atoms with Crippen LogP contribution in [0.2, 0.25) is 0 Å². The number of ether oxygens (including phenoxy) is 1. The van der Waals surface area contributed by atoms with Gasteiger partial charge >= 0.3 is 0 Å². The maximum absolute atomic E-state index is 13.7. The van der Waals surface area contributed by atoms with Crippen LogP contribution in [0.25, 0.3) is 0 Å². The lowest BCUT2D eigenvalue weighted by molar-refractivity contribution is -0.123. The summed E-state index contributed by atoms with van der Waals surface area (Å²) >= 11 is 0.784. The van der Waals surface area contributed by atoms with Gasteiger partial charge in [0.1, 0.15) is 16.7 Å². The maximum Gasteiger partial charge on any atom is 0.272 e. The van der Waals surface area contributed by atoms with Gasteiger partial charge in [-0.2, -0.15) is 4.37 Å². The van der Waals surface area contributed by atoms with Crippen molar-refractivity contribution in [1.82, 2.24) is 9.69 Å². The van der Waals surface area contributed by atoms with Gasteiger partial charge in [-0.15, -0.1) is 0 Å². The van der Waals surface area contributed by atoms with Crippen LogP contribution in [0.15, 0.2) is 24.3 Å². The van der Waals surface area contributed by atoms with Gasteiger partial charge in [-0.05, 0) is 69.9 Å². The summed E-state index contributed by atoms with van der Waals surface area (Å²) in [5.41, 5.74) is 11.1. The number of hydrogen-bond donors (Lipinski definition) is 3. The summed E-state index contributed by atoms with van der Waals surface area (Å²) < 4.78 is 9.43. The molecular formula is C22H31N5O4S. The Balaban J connectivity index is 2.58. The van der Waals surface area contributed by atoms with Crippen molar-refractivity contribution in [1.29, 1.82) is 0 Å². The Kier molecular flexibility index (Phi) is 8.20. The van der Waals surface area contributed by atoms with Crippen molar-refractivity contribution < 1.29 is 19.1 Å². The summed E-state index contributed by atoms with van der Waals surface area (Å²) in [6, 6.07) is 6.08. The number of rotatable bonds is 9. The molecule has 0 bridgehead atoms. The van der Waals surface area contributed by atoms with E-state index in [1.807, 2.05) is 34.6 Å². The number of benzene rings is 1. The van der Waals surface area contributed by atoms with Crippen LogP contribution >= 0.6 is 11.5 Å². The minimum absolute atomic E-state index is 0.0531. The molecule has 5 N–H and O–H groups in total. The van der Waals surface area contributed by atoms with Crippen molar-refractivity contribution in [3.05, 3.63) is 34.8 Å². The lowest BCUT2D eigenvalue weighted by Gasteiger charge is -2.33. The van der Waals surface area contributed by atoms with E-state index in [0.717, 1.165) is 11.5 Å². The molecule has 1 aromatic carbocycles. The number of nitrogens with zero attached hydrogens (tertiary/aromatic N) is 2. The van der Waals surface area contributed by atoms with Crippen LogP contribution in [0.1, 0.15) is 67.6 Å². The normalized spacial score (nSPS) is 12.2. The number of carbonyl (C=O) groups is 3. The molecule has 9 nitrogen and oxygen atoms in total. The molecule has 1 unspecified atom stereocenters. The van der Waals surface area contributed by atoms with E-state index in [-0.39, 0.29) is 22.2 Å². The number of amides is 3. The number of hydrogen-bond acceptors (Lipinski definition) is 7. The Labute approximate surface area is 192 Å². The number of nitrogens with one attached hydrogen (secondary N) is 1. The fraction of sp³-hybridized carbons (Fsp3) is 0.455. The van der Waals surface area contributed by atoms with E-state index in [9.17, 15) is 14.4 Å². The van der Waals surface area contributed by atoms with Crippen LogP contribution in [0.4, 0.5) is 11.4 Å². The third-order valence-electron chi connectivity index (χ3n) is 4.47. The van der Waals surface area contributed by atoms with Gasteiger partial charge in [0.15, 0.2) is 5.69 Å². The van der Waals surface area contributed by atoms with Crippen LogP contribution < -0.4 is 26.4 Å². The molecular weight excluding hydrogens is 430 g/mol. The summed E-state index contributed by atoms with van der Waals surface area (Å²) in [7, 11) is 0. The highest BCUT2D eigenvalue weighted by Gasteiger charge is 2.35. The van der Waals surface area contributed by atoms with E-state index in [1.165, 1.54) is 4.90 Å². The average molecular weight is 462 g/mol. The topological polar surface area (TPSA) is 141 Å². The molecule has 0 fully saturated rings. The minimum atomic E-state index is -0.819. The van der Waals surface area contributed by atoms with Crippen LogP contribution in [0.3, 0.4) is 0 Å². The van der Waals surface area contributed by atoms with Crippen molar-refractivity contribution in [3.63, 3.8) is 0 Å². The van der Waals surface area contributed by atoms with E-state index >= 15 is 0 Å². The molecule has 0 aliphatic carbocycles. The van der Waals surface area contributed by atoms with Crippen molar-refractivity contribution >= 4 is 40.6 Å². The predicted octanol–water partition coefficient (Wildman–Crippen LogP) is 2.95. The van der Waals surface area contributed by atoms with Gasteiger partial charge in [0.05, 0.1) is 12.3 Å². The van der Waals surface area contributed by atoms with E-state index < -0.39 is 23.4 Å². The molecule has 0 saturated heterocycles. The maximum atomic E-state index is 13.7. The zero-order chi connectivity index (χ0) is 24.1. The highest BCUT2D eigenvalue weighted by atomic mass is 32.1. The summed E-state index contributed by atoms with van der Waals surface area (Å²) in [4.78, 5) is 39.9. The molecule has 0 radical (unpaired) electrons. The Morgan fingerprint density at radius 3 is 2.28 bits per heavy atom. The van der Waals surface area contributed by atoms with Gasteiger partial charge in [-0.25, -0.2) is 0 Å². The first-order chi connectivity index (χ1) is 15.0. The quantitative estimate of drug-likeness (QED) is 0.524. The third-order valence-corrected chi connectivity index (χ3v) is 5.33. The molecule has 3 amide bonds. The lowest BCUT2D eigenvalue weighted by atomic mass is 10.0. The van der Waals surface area contributed by atoms with E-state index in [2.05, 4.69) is 9.69 Å². The number of aromatic nitrogens is 1. The molecule has 1 atom stereocenters. The molecule has 0 aliphatic heterocycles. The first-order valence-electron chi connectivity index (χ1n) is 10.4. The van der Waals surface area contributed by atoms with E-state index in [4.69, 9.17) is 16.2 Å². The van der Waals surface area contributed by atoms with Gasteiger partial charge < -0.3 is 21.5 Å². The minimum Gasteiger partial charge on any atom is -0.494 e. The molecule has 32 heavy (non-hydrogen) atoms. The first-order valence-corrected chi connectivity index (χ1v) is 11.2. The average Bonchev–Trinajstić information content (AvgIpc) is 3.09. The molecule has 10 heteroatoms. The molecule has 0 spiro atoms. The van der Waals surface area contributed by atoms with Crippen molar-refractivity contribution in [3.8, 4) is 5.75 Å². The lowest BCUT2D eigenvalue weighted by Crippen LogP contribution is -2.54. The zero-order valence-electron chi connectivity index (χ0n) is 19.1. The number of nitrogens with two attached hydrogens (primary N) is 2. The predicted molar refractivity (Wildman–Crippen MR) is 126 cm³/mol. The monoisotopic (exact) mass is 461 g/mol.